The van der Waals surface area contributed by atoms with Crippen molar-refractivity contribution in [1.82, 2.24) is 0 Å². The van der Waals surface area contributed by atoms with E-state index >= 15 is 0 Å². The van der Waals surface area contributed by atoms with E-state index in [-0.39, 0.29) is 16.6 Å². The number of aliphatic hydroxyl groups excluding tert-OH is 4. The molecule has 5 rings (SSSR count). The molecule has 7 nitrogen and oxygen atoms in total. The number of ether oxygens (including phenoxy) is 2. The average molecular weight is 463 g/mol. The standard InChI is InChI=1S/C26H38O7/c1-24-9-6-15(28)12-14(24)4-5-16-17(24)7-10-25(2)18(16)8-11-26(25,3)33-23-22(31)21(30)20(29)19(13-27)32-23/h6,9,12,16-23,27,29-31H,4-5,7-8,10-11,13H2,1-3H3/t16-,17+,18+,19-,20-,21+,22-,23?,24+,25+,26+/m1/s1. The highest BCUT2D eigenvalue weighted by molar-refractivity contribution is 6.01. The number of carbonyl (C=O) groups excluding carboxylic acids is 1. The molecule has 11 atom stereocenters. The molecule has 0 amide bonds. The molecule has 0 aromatic carbocycles. The first-order valence-electron chi connectivity index (χ1n) is 12.5. The molecule has 0 radical (unpaired) electrons. The van der Waals surface area contributed by atoms with E-state index in [9.17, 15) is 25.2 Å². The van der Waals surface area contributed by atoms with Crippen LogP contribution >= 0.6 is 0 Å². The monoisotopic (exact) mass is 462 g/mol. The number of allylic oxidation sites excluding steroid dienone is 4. The van der Waals surface area contributed by atoms with Crippen molar-refractivity contribution >= 4 is 5.78 Å². The molecule has 3 saturated carbocycles. The minimum Gasteiger partial charge on any atom is -0.394 e. The van der Waals surface area contributed by atoms with Gasteiger partial charge in [0, 0.05) is 5.41 Å². The summed E-state index contributed by atoms with van der Waals surface area (Å²) in [6.07, 6.45) is 5.31. The Morgan fingerprint density at radius 3 is 2.48 bits per heavy atom. The minimum absolute atomic E-state index is 0.0602. The van der Waals surface area contributed by atoms with E-state index in [4.69, 9.17) is 9.47 Å². The molecule has 5 aliphatic rings. The van der Waals surface area contributed by atoms with Crippen LogP contribution in [0.1, 0.15) is 59.3 Å². The van der Waals surface area contributed by atoms with Crippen LogP contribution < -0.4 is 0 Å². The van der Waals surface area contributed by atoms with Gasteiger partial charge >= 0.3 is 0 Å². The second kappa shape index (κ2) is 7.97. The van der Waals surface area contributed by atoms with Crippen LogP contribution in [0.2, 0.25) is 0 Å². The van der Waals surface area contributed by atoms with Crippen LogP contribution in [0.15, 0.2) is 23.8 Å². The zero-order valence-corrected chi connectivity index (χ0v) is 19.8. The molecule has 0 aromatic heterocycles. The van der Waals surface area contributed by atoms with Gasteiger partial charge in [-0.3, -0.25) is 4.79 Å². The molecule has 4 aliphatic carbocycles. The molecule has 1 heterocycles. The van der Waals surface area contributed by atoms with Crippen LogP contribution in [0.5, 0.6) is 0 Å². The van der Waals surface area contributed by atoms with Crippen molar-refractivity contribution in [2.45, 2.75) is 95.6 Å². The highest BCUT2D eigenvalue weighted by atomic mass is 16.7. The normalized spacial score (nSPS) is 53.8. The maximum atomic E-state index is 12.0. The summed E-state index contributed by atoms with van der Waals surface area (Å²) in [6.45, 7) is 6.21. The van der Waals surface area contributed by atoms with Crippen LogP contribution in [0.3, 0.4) is 0 Å². The number of hydrogen-bond acceptors (Lipinski definition) is 7. The Kier molecular flexibility index (Phi) is 5.71. The number of fused-ring (bicyclic) bond motifs is 5. The third-order valence-electron chi connectivity index (χ3n) is 10.3. The zero-order valence-electron chi connectivity index (χ0n) is 19.8. The van der Waals surface area contributed by atoms with Crippen molar-refractivity contribution in [3.05, 3.63) is 23.8 Å². The molecule has 1 saturated heterocycles. The molecular weight excluding hydrogens is 424 g/mol. The smallest absolute Gasteiger partial charge is 0.187 e. The molecule has 0 spiro atoms. The highest BCUT2D eigenvalue weighted by Gasteiger charge is 2.64. The van der Waals surface area contributed by atoms with Gasteiger partial charge in [0.2, 0.25) is 0 Å². The molecule has 4 fully saturated rings. The van der Waals surface area contributed by atoms with Crippen LogP contribution in [-0.2, 0) is 14.3 Å². The van der Waals surface area contributed by atoms with Crippen molar-refractivity contribution in [1.29, 1.82) is 0 Å². The molecular formula is C26H38O7. The predicted molar refractivity (Wildman–Crippen MR) is 120 cm³/mol. The van der Waals surface area contributed by atoms with Gasteiger partial charge < -0.3 is 29.9 Å². The lowest BCUT2D eigenvalue weighted by Crippen LogP contribution is -2.62. The number of rotatable bonds is 3. The van der Waals surface area contributed by atoms with E-state index in [2.05, 4.69) is 26.8 Å². The number of carbonyl (C=O) groups is 1. The first kappa shape index (κ1) is 23.6. The third kappa shape index (κ3) is 3.34. The Hall–Kier alpha value is -1.09. The molecule has 33 heavy (non-hydrogen) atoms. The minimum atomic E-state index is -1.44. The van der Waals surface area contributed by atoms with E-state index in [0.29, 0.717) is 17.8 Å². The third-order valence-corrected chi connectivity index (χ3v) is 10.3. The van der Waals surface area contributed by atoms with Gasteiger partial charge in [-0.25, -0.2) is 0 Å². The quantitative estimate of drug-likeness (QED) is 0.506. The second-order valence-corrected chi connectivity index (χ2v) is 11.6. The summed E-state index contributed by atoms with van der Waals surface area (Å²) >= 11 is 0. The van der Waals surface area contributed by atoms with E-state index in [1.165, 1.54) is 5.57 Å². The summed E-state index contributed by atoms with van der Waals surface area (Å²) in [5, 5.41) is 40.5. The zero-order chi connectivity index (χ0) is 23.8. The van der Waals surface area contributed by atoms with Crippen LogP contribution in [0, 0.1) is 28.6 Å². The van der Waals surface area contributed by atoms with Gasteiger partial charge in [-0.1, -0.05) is 25.5 Å². The summed E-state index contributed by atoms with van der Waals surface area (Å²) in [4.78, 5) is 12.0. The lowest BCUT2D eigenvalue weighted by Gasteiger charge is -2.59. The molecule has 1 unspecified atom stereocenters. The van der Waals surface area contributed by atoms with Gasteiger partial charge in [-0.15, -0.1) is 0 Å². The van der Waals surface area contributed by atoms with Crippen LogP contribution in [0.25, 0.3) is 0 Å². The Morgan fingerprint density at radius 1 is 1.03 bits per heavy atom. The number of ketones is 1. The van der Waals surface area contributed by atoms with Crippen molar-refractivity contribution in [3.8, 4) is 0 Å². The van der Waals surface area contributed by atoms with E-state index < -0.39 is 42.9 Å². The lowest BCUT2D eigenvalue weighted by molar-refractivity contribution is -0.338. The average Bonchev–Trinajstić information content (AvgIpc) is 3.05. The summed E-state index contributed by atoms with van der Waals surface area (Å²) in [7, 11) is 0. The number of aliphatic hydroxyl groups is 4. The van der Waals surface area contributed by atoms with E-state index in [1.54, 1.807) is 6.08 Å². The Bertz CT molecular complexity index is 867. The van der Waals surface area contributed by atoms with Gasteiger partial charge in [0.15, 0.2) is 12.1 Å². The Balaban J connectivity index is 1.38. The summed E-state index contributed by atoms with van der Waals surface area (Å²) in [5.74, 6) is 1.58. The van der Waals surface area contributed by atoms with E-state index in [1.807, 2.05) is 6.08 Å². The Labute approximate surface area is 195 Å². The summed E-state index contributed by atoms with van der Waals surface area (Å²) in [6, 6.07) is 0. The second-order valence-electron chi connectivity index (χ2n) is 11.6. The summed E-state index contributed by atoms with van der Waals surface area (Å²) in [5.41, 5.74) is 0.526. The number of hydrogen-bond donors (Lipinski definition) is 4. The maximum Gasteiger partial charge on any atom is 0.187 e. The van der Waals surface area contributed by atoms with Crippen molar-refractivity contribution in [3.63, 3.8) is 0 Å². The fourth-order valence-corrected chi connectivity index (χ4v) is 8.04. The molecule has 1 aliphatic heterocycles. The topological polar surface area (TPSA) is 116 Å². The fraction of sp³-hybridized carbons (Fsp3) is 0.808. The van der Waals surface area contributed by atoms with Gasteiger partial charge in [-0.05, 0) is 80.8 Å². The van der Waals surface area contributed by atoms with Crippen molar-refractivity contribution in [2.24, 2.45) is 28.6 Å². The van der Waals surface area contributed by atoms with Gasteiger partial charge in [0.25, 0.3) is 0 Å². The maximum absolute atomic E-state index is 12.0. The molecule has 0 aromatic rings. The Morgan fingerprint density at radius 2 is 1.76 bits per heavy atom. The van der Waals surface area contributed by atoms with Crippen LogP contribution in [0.4, 0.5) is 0 Å². The highest BCUT2D eigenvalue weighted by Crippen LogP contribution is 2.67. The fourth-order valence-electron chi connectivity index (χ4n) is 8.04. The molecule has 0 bridgehead atoms. The first-order valence-corrected chi connectivity index (χ1v) is 12.5. The largest absolute Gasteiger partial charge is 0.394 e. The molecule has 4 N–H and O–H groups in total. The van der Waals surface area contributed by atoms with Gasteiger partial charge in [-0.2, -0.15) is 0 Å². The molecule has 7 heteroatoms. The van der Waals surface area contributed by atoms with Crippen molar-refractivity contribution in [2.75, 3.05) is 6.61 Å². The summed E-state index contributed by atoms with van der Waals surface area (Å²) < 4.78 is 12.2. The van der Waals surface area contributed by atoms with Gasteiger partial charge in [0.1, 0.15) is 24.4 Å². The van der Waals surface area contributed by atoms with Crippen LogP contribution in [-0.4, -0.2) is 69.1 Å². The predicted octanol–water partition coefficient (Wildman–Crippen LogP) is 1.87. The molecule has 184 valence electrons. The van der Waals surface area contributed by atoms with Crippen molar-refractivity contribution < 1.29 is 34.7 Å². The lowest BCUT2D eigenvalue weighted by atomic mass is 9.47. The van der Waals surface area contributed by atoms with E-state index in [0.717, 1.165) is 38.5 Å². The SMILES string of the molecule is C[C@]12C=CC(=O)C=C1CC[C@@H]1[C@@H]2CC[C@@]2(C)[C@H]1CC[C@]2(C)OC1O[C@H](CO)[C@@H](O)[C@H](O)[C@H]1O. The first-order chi connectivity index (χ1) is 15.5. The van der Waals surface area contributed by atoms with Gasteiger partial charge in [0.05, 0.1) is 12.2 Å².